The second-order valence-electron chi connectivity index (χ2n) is 3.56. The van der Waals surface area contributed by atoms with E-state index in [2.05, 4.69) is 20.9 Å². The molecule has 0 saturated heterocycles. The van der Waals surface area contributed by atoms with Crippen LogP contribution in [0.1, 0.15) is 5.56 Å². The van der Waals surface area contributed by atoms with E-state index in [1.54, 1.807) is 12.1 Å². The highest BCUT2D eigenvalue weighted by Gasteiger charge is 2.07. The van der Waals surface area contributed by atoms with E-state index in [0.29, 0.717) is 22.5 Å². The van der Waals surface area contributed by atoms with Crippen molar-refractivity contribution >= 4 is 33.2 Å². The zero-order valence-electron chi connectivity index (χ0n) is 9.08. The molecule has 17 heavy (non-hydrogen) atoms. The van der Waals surface area contributed by atoms with Crippen LogP contribution in [-0.4, -0.2) is 4.98 Å². The maximum absolute atomic E-state index is 5.79. The third-order valence-corrected chi connectivity index (χ3v) is 2.98. The first-order chi connectivity index (χ1) is 8.06. The third-order valence-electron chi connectivity index (χ3n) is 2.15. The lowest BCUT2D eigenvalue weighted by atomic mass is 10.2. The van der Waals surface area contributed by atoms with Gasteiger partial charge < -0.3 is 10.5 Å². The van der Waals surface area contributed by atoms with Crippen molar-refractivity contribution in [1.29, 1.82) is 0 Å². The van der Waals surface area contributed by atoms with Crippen LogP contribution in [0.3, 0.4) is 0 Å². The van der Waals surface area contributed by atoms with Crippen LogP contribution >= 0.6 is 27.5 Å². The molecule has 0 aliphatic carbocycles. The smallest absolute Gasteiger partial charge is 0.244 e. The number of nitrogens with two attached hydrogens (primary N) is 1. The van der Waals surface area contributed by atoms with Gasteiger partial charge >= 0.3 is 0 Å². The van der Waals surface area contributed by atoms with Crippen LogP contribution < -0.4 is 10.5 Å². The van der Waals surface area contributed by atoms with Gasteiger partial charge in [0.1, 0.15) is 10.9 Å². The molecule has 2 N–H and O–H groups in total. The molecule has 2 rings (SSSR count). The third kappa shape index (κ3) is 2.90. The number of nitrogen functional groups attached to an aromatic ring is 1. The first-order valence-electron chi connectivity index (χ1n) is 4.92. The fourth-order valence-corrected chi connectivity index (χ4v) is 2.02. The summed E-state index contributed by atoms with van der Waals surface area (Å²) in [5.41, 5.74) is 7.34. The van der Waals surface area contributed by atoms with Gasteiger partial charge in [-0.1, -0.05) is 17.7 Å². The van der Waals surface area contributed by atoms with Gasteiger partial charge in [-0.15, -0.1) is 0 Å². The molecule has 0 saturated carbocycles. The van der Waals surface area contributed by atoms with Crippen molar-refractivity contribution in [3.8, 4) is 11.6 Å². The fourth-order valence-electron chi connectivity index (χ4n) is 1.30. The Bertz CT molecular complexity index is 560. The Morgan fingerprint density at radius 2 is 2.06 bits per heavy atom. The number of pyridine rings is 1. The summed E-state index contributed by atoms with van der Waals surface area (Å²) in [6.45, 7) is 2.00. The summed E-state index contributed by atoms with van der Waals surface area (Å²) in [5, 5.41) is 0.345. The summed E-state index contributed by atoms with van der Waals surface area (Å²) < 4.78 is 6.45. The molecule has 1 aromatic heterocycles. The van der Waals surface area contributed by atoms with Gasteiger partial charge in [0.15, 0.2) is 0 Å². The van der Waals surface area contributed by atoms with Crippen LogP contribution in [0, 0.1) is 6.92 Å². The van der Waals surface area contributed by atoms with Crippen molar-refractivity contribution in [2.75, 3.05) is 5.73 Å². The van der Waals surface area contributed by atoms with Crippen LogP contribution in [0.25, 0.3) is 0 Å². The minimum absolute atomic E-state index is 0.307. The van der Waals surface area contributed by atoms with Gasteiger partial charge in [-0.3, -0.25) is 0 Å². The Kier molecular flexibility index (Phi) is 3.54. The molecule has 0 atom stereocenters. The van der Waals surface area contributed by atoms with Crippen molar-refractivity contribution in [1.82, 2.24) is 4.98 Å². The minimum atomic E-state index is 0.307. The molecule has 1 heterocycles. The molecule has 0 aliphatic rings. The molecule has 88 valence electrons. The first-order valence-corrected chi connectivity index (χ1v) is 6.09. The van der Waals surface area contributed by atoms with Gasteiger partial charge in [-0.05, 0) is 52.7 Å². The maximum atomic E-state index is 5.79. The second kappa shape index (κ2) is 4.94. The molecule has 2 aromatic rings. The van der Waals surface area contributed by atoms with Gasteiger partial charge in [0.05, 0.1) is 10.2 Å². The summed E-state index contributed by atoms with van der Waals surface area (Å²) in [5.74, 6) is 0.958. The fraction of sp³-hybridized carbons (Fsp3) is 0.0833. The number of aryl methyl sites for hydroxylation is 1. The summed E-state index contributed by atoms with van der Waals surface area (Å²) in [4.78, 5) is 4.03. The van der Waals surface area contributed by atoms with Gasteiger partial charge in [0.2, 0.25) is 5.88 Å². The van der Waals surface area contributed by atoms with E-state index in [0.717, 1.165) is 10.0 Å². The van der Waals surface area contributed by atoms with Crippen LogP contribution in [0.2, 0.25) is 5.15 Å². The molecule has 3 nitrogen and oxygen atoms in total. The number of halogens is 2. The lowest BCUT2D eigenvalue weighted by Gasteiger charge is -2.09. The Labute approximate surface area is 113 Å². The van der Waals surface area contributed by atoms with E-state index in [4.69, 9.17) is 22.1 Å². The Balaban J connectivity index is 2.34. The van der Waals surface area contributed by atoms with Gasteiger partial charge in [-0.2, -0.15) is 4.98 Å². The molecule has 0 unspecified atom stereocenters. The van der Waals surface area contributed by atoms with Crippen LogP contribution in [-0.2, 0) is 0 Å². The Morgan fingerprint density at radius 1 is 1.29 bits per heavy atom. The van der Waals surface area contributed by atoms with Crippen molar-refractivity contribution in [3.63, 3.8) is 0 Å². The number of anilines is 1. The molecule has 0 radical (unpaired) electrons. The highest BCUT2D eigenvalue weighted by Crippen LogP contribution is 2.32. The molecular formula is C12H10BrClN2O. The number of hydrogen-bond donors (Lipinski definition) is 1. The number of ether oxygens (including phenoxy) is 1. The van der Waals surface area contributed by atoms with Crippen molar-refractivity contribution in [2.24, 2.45) is 0 Å². The quantitative estimate of drug-likeness (QED) is 0.846. The molecule has 0 spiro atoms. The van der Waals surface area contributed by atoms with Crippen molar-refractivity contribution < 1.29 is 4.74 Å². The monoisotopic (exact) mass is 312 g/mol. The van der Waals surface area contributed by atoms with Crippen LogP contribution in [0.15, 0.2) is 34.8 Å². The number of aromatic nitrogens is 1. The molecule has 5 heteroatoms. The van der Waals surface area contributed by atoms with E-state index < -0.39 is 0 Å². The average Bonchev–Trinajstić information content (AvgIpc) is 2.27. The largest absolute Gasteiger partial charge is 0.436 e. The summed E-state index contributed by atoms with van der Waals surface area (Å²) in [6, 6.07) is 9.03. The van der Waals surface area contributed by atoms with Crippen LogP contribution in [0.5, 0.6) is 11.6 Å². The standard InChI is InChI=1S/C12H10BrClN2O/c1-7-2-4-10(8(13)6-7)17-12-9(15)3-5-11(14)16-12/h2-6H,15H2,1H3. The Morgan fingerprint density at radius 3 is 2.76 bits per heavy atom. The van der Waals surface area contributed by atoms with E-state index in [-0.39, 0.29) is 0 Å². The number of nitrogens with zero attached hydrogens (tertiary/aromatic N) is 1. The predicted octanol–water partition coefficient (Wildman–Crippen LogP) is 4.18. The van der Waals surface area contributed by atoms with Gasteiger partial charge in [-0.25, -0.2) is 0 Å². The zero-order chi connectivity index (χ0) is 12.4. The summed E-state index contributed by atoms with van der Waals surface area (Å²) in [6.07, 6.45) is 0. The SMILES string of the molecule is Cc1ccc(Oc2nc(Cl)ccc2N)c(Br)c1. The summed E-state index contributed by atoms with van der Waals surface area (Å²) >= 11 is 9.21. The zero-order valence-corrected chi connectivity index (χ0v) is 11.4. The topological polar surface area (TPSA) is 48.1 Å². The summed E-state index contributed by atoms with van der Waals surface area (Å²) in [7, 11) is 0. The highest BCUT2D eigenvalue weighted by atomic mass is 79.9. The number of hydrogen-bond acceptors (Lipinski definition) is 3. The second-order valence-corrected chi connectivity index (χ2v) is 4.81. The number of benzene rings is 1. The highest BCUT2D eigenvalue weighted by molar-refractivity contribution is 9.10. The van der Waals surface area contributed by atoms with E-state index >= 15 is 0 Å². The molecule has 1 aromatic carbocycles. The molecule has 0 aliphatic heterocycles. The lowest BCUT2D eigenvalue weighted by Crippen LogP contribution is -1.95. The molecule has 0 fully saturated rings. The predicted molar refractivity (Wildman–Crippen MR) is 72.6 cm³/mol. The van der Waals surface area contributed by atoms with E-state index in [9.17, 15) is 0 Å². The Hall–Kier alpha value is -1.26. The molecule has 0 amide bonds. The molecule has 0 bridgehead atoms. The number of rotatable bonds is 2. The van der Waals surface area contributed by atoms with Crippen molar-refractivity contribution in [3.05, 3.63) is 45.5 Å². The van der Waals surface area contributed by atoms with Crippen molar-refractivity contribution in [2.45, 2.75) is 6.92 Å². The normalized spacial score (nSPS) is 10.3. The molecular weight excluding hydrogens is 304 g/mol. The lowest BCUT2D eigenvalue weighted by molar-refractivity contribution is 0.463. The maximum Gasteiger partial charge on any atom is 0.244 e. The van der Waals surface area contributed by atoms with E-state index in [1.807, 2.05) is 25.1 Å². The van der Waals surface area contributed by atoms with Gasteiger partial charge in [0, 0.05) is 0 Å². The first kappa shape index (κ1) is 12.2. The van der Waals surface area contributed by atoms with E-state index in [1.165, 1.54) is 0 Å². The van der Waals surface area contributed by atoms with Crippen LogP contribution in [0.4, 0.5) is 5.69 Å². The average molecular weight is 314 g/mol. The van der Waals surface area contributed by atoms with Gasteiger partial charge in [0.25, 0.3) is 0 Å². The minimum Gasteiger partial charge on any atom is -0.436 e.